The number of benzene rings is 1. The van der Waals surface area contributed by atoms with Crippen LogP contribution in [-0.2, 0) is 14.3 Å². The number of thioether (sulfide) groups is 1. The van der Waals surface area contributed by atoms with Gasteiger partial charge in [0.25, 0.3) is 10.1 Å². The number of hydrogen-bond acceptors (Lipinski definition) is 5. The Kier molecular flexibility index (Phi) is 5.35. The highest BCUT2D eigenvalue weighted by atomic mass is 32.2. The average molecular weight is 316 g/mol. The van der Waals surface area contributed by atoms with Gasteiger partial charge in [0, 0.05) is 4.90 Å². The average Bonchev–Trinajstić information content (AvgIpc) is 2.40. The van der Waals surface area contributed by atoms with Gasteiger partial charge in [-0.05, 0) is 49.8 Å². The van der Waals surface area contributed by atoms with Crippen LogP contribution in [0.25, 0.3) is 0 Å². The van der Waals surface area contributed by atoms with Crippen molar-refractivity contribution in [2.45, 2.75) is 42.8 Å². The van der Waals surface area contributed by atoms with Gasteiger partial charge in [0.05, 0.1) is 6.26 Å². The molecule has 0 saturated heterocycles. The van der Waals surface area contributed by atoms with Crippen molar-refractivity contribution in [3.05, 3.63) is 24.3 Å². The molecule has 2 atom stereocenters. The molecular formula is C14H20O4S2. The van der Waals surface area contributed by atoms with E-state index in [2.05, 4.69) is 0 Å². The van der Waals surface area contributed by atoms with Crippen LogP contribution in [0.3, 0.4) is 0 Å². The van der Waals surface area contributed by atoms with Crippen LogP contribution in [0.1, 0.15) is 25.7 Å². The molecule has 1 aromatic carbocycles. The summed E-state index contributed by atoms with van der Waals surface area (Å²) in [6.45, 7) is 0. The van der Waals surface area contributed by atoms with Gasteiger partial charge in [0.1, 0.15) is 18.0 Å². The second-order valence-electron chi connectivity index (χ2n) is 4.96. The SMILES string of the molecule is CSc1ccc(OC2CCCCC2OS(C)(=O)=O)cc1. The van der Waals surface area contributed by atoms with Crippen LogP contribution in [0.5, 0.6) is 5.75 Å². The van der Waals surface area contributed by atoms with E-state index in [-0.39, 0.29) is 12.2 Å². The summed E-state index contributed by atoms with van der Waals surface area (Å²) in [4.78, 5) is 1.17. The Bertz CT molecular complexity index is 525. The molecule has 1 aliphatic carbocycles. The zero-order chi connectivity index (χ0) is 14.6. The van der Waals surface area contributed by atoms with Crippen LogP contribution in [0.2, 0.25) is 0 Å². The molecule has 1 saturated carbocycles. The highest BCUT2D eigenvalue weighted by molar-refractivity contribution is 7.98. The minimum absolute atomic E-state index is 0.196. The second-order valence-corrected chi connectivity index (χ2v) is 7.44. The molecule has 0 bridgehead atoms. The van der Waals surface area contributed by atoms with E-state index in [0.717, 1.165) is 37.7 Å². The minimum Gasteiger partial charge on any atom is -0.488 e. The van der Waals surface area contributed by atoms with E-state index in [4.69, 9.17) is 8.92 Å². The van der Waals surface area contributed by atoms with Gasteiger partial charge in [-0.2, -0.15) is 8.42 Å². The third-order valence-electron chi connectivity index (χ3n) is 3.29. The van der Waals surface area contributed by atoms with Crippen LogP contribution in [0, 0.1) is 0 Å². The maximum atomic E-state index is 11.3. The Balaban J connectivity index is 2.04. The van der Waals surface area contributed by atoms with Crippen molar-refractivity contribution in [1.82, 2.24) is 0 Å². The highest BCUT2D eigenvalue weighted by Gasteiger charge is 2.30. The number of rotatable bonds is 5. The van der Waals surface area contributed by atoms with E-state index in [9.17, 15) is 8.42 Å². The lowest BCUT2D eigenvalue weighted by Crippen LogP contribution is -2.38. The normalized spacial score (nSPS) is 23.5. The first-order chi connectivity index (χ1) is 9.48. The standard InChI is InChI=1S/C14H20O4S2/c1-19-12-9-7-11(8-10-12)17-13-5-3-4-6-14(13)18-20(2,15)16/h7-10,13-14H,3-6H2,1-2H3. The zero-order valence-corrected chi connectivity index (χ0v) is 13.4. The lowest BCUT2D eigenvalue weighted by Gasteiger charge is -2.30. The molecule has 2 rings (SSSR count). The molecule has 0 aliphatic heterocycles. The summed E-state index contributed by atoms with van der Waals surface area (Å²) >= 11 is 1.67. The van der Waals surface area contributed by atoms with Crippen molar-refractivity contribution >= 4 is 21.9 Å². The summed E-state index contributed by atoms with van der Waals surface area (Å²) in [7, 11) is -3.44. The summed E-state index contributed by atoms with van der Waals surface area (Å²) in [5, 5.41) is 0. The summed E-state index contributed by atoms with van der Waals surface area (Å²) in [5.74, 6) is 0.761. The predicted molar refractivity (Wildman–Crippen MR) is 80.8 cm³/mol. The van der Waals surface area contributed by atoms with E-state index < -0.39 is 10.1 Å². The van der Waals surface area contributed by atoms with Crippen molar-refractivity contribution in [1.29, 1.82) is 0 Å². The Labute approximate surface area is 125 Å². The monoisotopic (exact) mass is 316 g/mol. The fourth-order valence-corrected chi connectivity index (χ4v) is 3.44. The zero-order valence-electron chi connectivity index (χ0n) is 11.7. The summed E-state index contributed by atoms with van der Waals surface area (Å²) in [6, 6.07) is 7.82. The van der Waals surface area contributed by atoms with Crippen LogP contribution >= 0.6 is 11.8 Å². The van der Waals surface area contributed by atoms with Crippen molar-refractivity contribution in [3.63, 3.8) is 0 Å². The summed E-state index contributed by atoms with van der Waals surface area (Å²) in [5.41, 5.74) is 0. The fourth-order valence-electron chi connectivity index (χ4n) is 2.36. The van der Waals surface area contributed by atoms with Gasteiger partial charge in [-0.1, -0.05) is 6.42 Å². The first kappa shape index (κ1) is 15.7. The first-order valence-electron chi connectivity index (χ1n) is 6.67. The van der Waals surface area contributed by atoms with Gasteiger partial charge < -0.3 is 4.74 Å². The Morgan fingerprint density at radius 1 is 1.10 bits per heavy atom. The molecule has 112 valence electrons. The maximum Gasteiger partial charge on any atom is 0.264 e. The molecule has 6 heteroatoms. The molecule has 0 N–H and O–H groups in total. The van der Waals surface area contributed by atoms with Crippen LogP contribution in [-0.4, -0.2) is 33.1 Å². The second kappa shape index (κ2) is 6.83. The molecule has 0 aromatic heterocycles. The summed E-state index contributed by atoms with van der Waals surface area (Å²) < 4.78 is 33.7. The molecule has 0 heterocycles. The van der Waals surface area contributed by atoms with E-state index in [1.165, 1.54) is 4.90 Å². The number of hydrogen-bond donors (Lipinski definition) is 0. The Morgan fingerprint density at radius 2 is 1.70 bits per heavy atom. The summed E-state index contributed by atoms with van der Waals surface area (Å²) in [6.07, 6.45) is 6.10. The van der Waals surface area contributed by atoms with Crippen LogP contribution in [0.15, 0.2) is 29.2 Å². The van der Waals surface area contributed by atoms with Gasteiger partial charge in [-0.25, -0.2) is 0 Å². The van der Waals surface area contributed by atoms with Crippen LogP contribution in [0.4, 0.5) is 0 Å². The van der Waals surface area contributed by atoms with E-state index >= 15 is 0 Å². The van der Waals surface area contributed by atoms with Crippen molar-refractivity contribution in [2.24, 2.45) is 0 Å². The quantitative estimate of drug-likeness (QED) is 0.617. The third kappa shape index (κ3) is 4.68. The molecular weight excluding hydrogens is 296 g/mol. The smallest absolute Gasteiger partial charge is 0.264 e. The third-order valence-corrected chi connectivity index (χ3v) is 4.63. The lowest BCUT2D eigenvalue weighted by molar-refractivity contribution is 0.0277. The molecule has 20 heavy (non-hydrogen) atoms. The Morgan fingerprint density at radius 3 is 2.25 bits per heavy atom. The van der Waals surface area contributed by atoms with E-state index in [1.54, 1.807) is 11.8 Å². The van der Waals surface area contributed by atoms with Crippen LogP contribution < -0.4 is 4.74 Å². The van der Waals surface area contributed by atoms with Gasteiger partial charge in [-0.15, -0.1) is 11.8 Å². The van der Waals surface area contributed by atoms with Gasteiger partial charge >= 0.3 is 0 Å². The molecule has 2 unspecified atom stereocenters. The van der Waals surface area contributed by atoms with Crippen molar-refractivity contribution in [3.8, 4) is 5.75 Å². The topological polar surface area (TPSA) is 52.6 Å². The number of ether oxygens (including phenoxy) is 1. The molecule has 0 amide bonds. The largest absolute Gasteiger partial charge is 0.488 e. The predicted octanol–water partition coefficient (Wildman–Crippen LogP) is 3.07. The first-order valence-corrected chi connectivity index (χ1v) is 9.71. The molecule has 1 fully saturated rings. The molecule has 1 aromatic rings. The maximum absolute atomic E-state index is 11.3. The highest BCUT2D eigenvalue weighted by Crippen LogP contribution is 2.28. The molecule has 4 nitrogen and oxygen atoms in total. The lowest BCUT2D eigenvalue weighted by atomic mass is 9.95. The Hall–Kier alpha value is -0.720. The fraction of sp³-hybridized carbons (Fsp3) is 0.571. The van der Waals surface area contributed by atoms with E-state index in [1.807, 2.05) is 30.5 Å². The van der Waals surface area contributed by atoms with Crippen molar-refractivity contribution in [2.75, 3.05) is 12.5 Å². The molecule has 0 spiro atoms. The van der Waals surface area contributed by atoms with Crippen molar-refractivity contribution < 1.29 is 17.3 Å². The van der Waals surface area contributed by atoms with Gasteiger partial charge in [0.15, 0.2) is 0 Å². The molecule has 0 radical (unpaired) electrons. The van der Waals surface area contributed by atoms with E-state index in [0.29, 0.717) is 0 Å². The molecule has 1 aliphatic rings. The van der Waals surface area contributed by atoms with Gasteiger partial charge in [-0.3, -0.25) is 4.18 Å². The minimum atomic E-state index is -3.44. The van der Waals surface area contributed by atoms with Gasteiger partial charge in [0.2, 0.25) is 0 Å².